The first-order valence-electron chi connectivity index (χ1n) is 6.61. The van der Waals surface area contributed by atoms with Gasteiger partial charge in [-0.15, -0.1) is 0 Å². The minimum Gasteiger partial charge on any atom is -0.314 e. The Morgan fingerprint density at radius 3 is 2.56 bits per heavy atom. The Morgan fingerprint density at radius 1 is 1.39 bits per heavy atom. The maximum atomic E-state index is 6.26. The van der Waals surface area contributed by atoms with Gasteiger partial charge in [0, 0.05) is 16.1 Å². The predicted octanol–water partition coefficient (Wildman–Crippen LogP) is 4.56. The van der Waals surface area contributed by atoms with E-state index in [2.05, 4.69) is 26.1 Å². The summed E-state index contributed by atoms with van der Waals surface area (Å²) in [6, 6.07) is 6.32. The molecule has 0 aromatic heterocycles. The minimum atomic E-state index is 0.478. The molecule has 1 saturated carbocycles. The Kier molecular flexibility index (Phi) is 4.25. The minimum absolute atomic E-state index is 0.478. The maximum Gasteiger partial charge on any atom is 0.0453 e. The van der Waals surface area contributed by atoms with Crippen molar-refractivity contribution >= 4 is 23.2 Å². The van der Waals surface area contributed by atoms with Crippen LogP contribution in [0.1, 0.15) is 32.8 Å². The molecule has 0 spiro atoms. The van der Waals surface area contributed by atoms with Gasteiger partial charge in [0.1, 0.15) is 0 Å². The van der Waals surface area contributed by atoms with E-state index in [0.29, 0.717) is 16.5 Å². The monoisotopic (exact) mass is 285 g/mol. The van der Waals surface area contributed by atoms with Gasteiger partial charge in [0.15, 0.2) is 0 Å². The molecule has 0 bridgehead atoms. The largest absolute Gasteiger partial charge is 0.314 e. The lowest BCUT2D eigenvalue weighted by atomic mass is 9.97. The summed E-state index contributed by atoms with van der Waals surface area (Å²) in [5, 5.41) is 5.08. The van der Waals surface area contributed by atoms with Gasteiger partial charge >= 0.3 is 0 Å². The number of hydrogen-bond donors (Lipinski definition) is 1. The number of hydrogen-bond acceptors (Lipinski definition) is 1. The van der Waals surface area contributed by atoms with Crippen molar-refractivity contribution in [1.82, 2.24) is 5.32 Å². The molecule has 100 valence electrons. The fraction of sp³-hybridized carbons (Fsp3) is 0.600. The number of rotatable bonds is 5. The van der Waals surface area contributed by atoms with Crippen LogP contribution in [0.25, 0.3) is 0 Å². The van der Waals surface area contributed by atoms with E-state index in [4.69, 9.17) is 23.2 Å². The summed E-state index contributed by atoms with van der Waals surface area (Å²) >= 11 is 12.2. The van der Waals surface area contributed by atoms with Crippen LogP contribution in [-0.4, -0.2) is 12.6 Å². The van der Waals surface area contributed by atoms with E-state index < -0.39 is 0 Å². The molecule has 1 nitrogen and oxygen atoms in total. The molecule has 1 aromatic rings. The van der Waals surface area contributed by atoms with Crippen LogP contribution >= 0.6 is 23.2 Å². The van der Waals surface area contributed by atoms with E-state index in [1.807, 2.05) is 18.2 Å². The maximum absolute atomic E-state index is 6.26. The average Bonchev–Trinajstić information content (AvgIpc) is 2.90. The van der Waals surface area contributed by atoms with Gasteiger partial charge in [-0.1, -0.05) is 50.0 Å². The van der Waals surface area contributed by atoms with Crippen LogP contribution in [0.5, 0.6) is 0 Å². The SMILES string of the molecule is CCNC(Cc1ccc(Cl)cc1Cl)C1CC1(C)C. The van der Waals surface area contributed by atoms with Crippen molar-refractivity contribution in [3.63, 3.8) is 0 Å². The summed E-state index contributed by atoms with van der Waals surface area (Å²) in [7, 11) is 0. The zero-order valence-corrected chi connectivity index (χ0v) is 12.8. The summed E-state index contributed by atoms with van der Waals surface area (Å²) < 4.78 is 0. The normalized spacial score (nSPS) is 22.8. The fourth-order valence-electron chi connectivity index (χ4n) is 2.74. The van der Waals surface area contributed by atoms with Crippen LogP contribution in [0, 0.1) is 11.3 Å². The first-order valence-corrected chi connectivity index (χ1v) is 7.37. The zero-order chi connectivity index (χ0) is 13.3. The second-order valence-electron chi connectivity index (χ2n) is 5.90. The molecular formula is C15H21Cl2N. The third kappa shape index (κ3) is 3.20. The lowest BCUT2D eigenvalue weighted by molar-refractivity contribution is 0.409. The second-order valence-corrected chi connectivity index (χ2v) is 6.75. The molecule has 1 aliphatic rings. The Bertz CT molecular complexity index is 429. The molecule has 2 rings (SSSR count). The molecular weight excluding hydrogens is 265 g/mol. The molecule has 18 heavy (non-hydrogen) atoms. The lowest BCUT2D eigenvalue weighted by Gasteiger charge is -2.20. The van der Waals surface area contributed by atoms with Gasteiger partial charge in [0.05, 0.1) is 0 Å². The Labute approximate surface area is 120 Å². The van der Waals surface area contributed by atoms with Gasteiger partial charge in [-0.3, -0.25) is 0 Å². The number of benzene rings is 1. The summed E-state index contributed by atoms with van der Waals surface area (Å²) in [6.07, 6.45) is 2.29. The van der Waals surface area contributed by atoms with Gasteiger partial charge < -0.3 is 5.32 Å². The molecule has 1 fully saturated rings. The molecule has 1 aliphatic carbocycles. The highest BCUT2D eigenvalue weighted by Crippen LogP contribution is 2.54. The summed E-state index contributed by atoms with van der Waals surface area (Å²) in [6.45, 7) is 7.84. The number of halogens is 2. The van der Waals surface area contributed by atoms with Crippen LogP contribution in [-0.2, 0) is 6.42 Å². The molecule has 0 saturated heterocycles. The van der Waals surface area contributed by atoms with Crippen molar-refractivity contribution in [1.29, 1.82) is 0 Å². The first-order chi connectivity index (χ1) is 8.44. The Morgan fingerprint density at radius 2 is 2.06 bits per heavy atom. The smallest absolute Gasteiger partial charge is 0.0453 e. The Hall–Kier alpha value is -0.240. The number of nitrogens with one attached hydrogen (secondary N) is 1. The lowest BCUT2D eigenvalue weighted by Crippen LogP contribution is -2.34. The highest BCUT2D eigenvalue weighted by atomic mass is 35.5. The van der Waals surface area contributed by atoms with E-state index in [1.54, 1.807) is 0 Å². The van der Waals surface area contributed by atoms with Gasteiger partial charge in [-0.25, -0.2) is 0 Å². The average molecular weight is 286 g/mol. The van der Waals surface area contributed by atoms with Gasteiger partial charge in [0.2, 0.25) is 0 Å². The highest BCUT2D eigenvalue weighted by molar-refractivity contribution is 6.35. The molecule has 2 unspecified atom stereocenters. The Balaban J connectivity index is 2.09. The summed E-state index contributed by atoms with van der Waals surface area (Å²) in [5.41, 5.74) is 1.67. The molecule has 0 amide bonds. The van der Waals surface area contributed by atoms with E-state index in [-0.39, 0.29) is 0 Å². The molecule has 3 heteroatoms. The van der Waals surface area contributed by atoms with E-state index in [9.17, 15) is 0 Å². The van der Waals surface area contributed by atoms with Crippen molar-refractivity contribution in [3.8, 4) is 0 Å². The van der Waals surface area contributed by atoms with Gasteiger partial charge in [-0.2, -0.15) is 0 Å². The second kappa shape index (κ2) is 5.40. The topological polar surface area (TPSA) is 12.0 Å². The molecule has 1 aromatic carbocycles. The third-order valence-corrected chi connectivity index (χ3v) is 4.58. The predicted molar refractivity (Wildman–Crippen MR) is 79.5 cm³/mol. The molecule has 0 radical (unpaired) electrons. The van der Waals surface area contributed by atoms with E-state index in [1.165, 1.54) is 12.0 Å². The van der Waals surface area contributed by atoms with Gasteiger partial charge in [0.25, 0.3) is 0 Å². The van der Waals surface area contributed by atoms with Crippen molar-refractivity contribution in [2.75, 3.05) is 6.54 Å². The van der Waals surface area contributed by atoms with Crippen molar-refractivity contribution < 1.29 is 0 Å². The van der Waals surface area contributed by atoms with Crippen molar-refractivity contribution in [2.45, 2.75) is 39.7 Å². The molecule has 0 heterocycles. The zero-order valence-electron chi connectivity index (χ0n) is 11.3. The summed E-state index contributed by atoms with van der Waals surface area (Å²) in [4.78, 5) is 0. The van der Waals surface area contributed by atoms with Crippen molar-refractivity contribution in [2.24, 2.45) is 11.3 Å². The first kappa shape index (κ1) is 14.2. The third-order valence-electron chi connectivity index (χ3n) is 4.00. The quantitative estimate of drug-likeness (QED) is 0.836. The van der Waals surface area contributed by atoms with Crippen LogP contribution in [0.3, 0.4) is 0 Å². The standard InChI is InChI=1S/C15H21Cl2N/c1-4-18-14(12-9-15(12,2)3)7-10-5-6-11(16)8-13(10)17/h5-6,8,12,14,18H,4,7,9H2,1-3H3. The van der Waals surface area contributed by atoms with E-state index >= 15 is 0 Å². The number of likely N-dealkylation sites (N-methyl/N-ethyl adjacent to an activating group) is 1. The molecule has 1 N–H and O–H groups in total. The van der Waals surface area contributed by atoms with Crippen LogP contribution in [0.4, 0.5) is 0 Å². The highest BCUT2D eigenvalue weighted by Gasteiger charge is 2.49. The van der Waals surface area contributed by atoms with Crippen LogP contribution in [0.15, 0.2) is 18.2 Å². The van der Waals surface area contributed by atoms with Gasteiger partial charge in [-0.05, 0) is 48.4 Å². The molecule has 0 aliphatic heterocycles. The van der Waals surface area contributed by atoms with Crippen LogP contribution < -0.4 is 5.32 Å². The van der Waals surface area contributed by atoms with Crippen LogP contribution in [0.2, 0.25) is 10.0 Å². The van der Waals surface area contributed by atoms with E-state index in [0.717, 1.165) is 23.9 Å². The molecule has 2 atom stereocenters. The summed E-state index contributed by atoms with van der Waals surface area (Å²) in [5.74, 6) is 0.754. The van der Waals surface area contributed by atoms with Crippen molar-refractivity contribution in [3.05, 3.63) is 33.8 Å². The fourth-order valence-corrected chi connectivity index (χ4v) is 3.22.